The number of carboxylic acids is 1. The Morgan fingerprint density at radius 3 is 2.41 bits per heavy atom. The lowest BCUT2D eigenvalue weighted by atomic mass is 10.0. The van der Waals surface area contributed by atoms with Gasteiger partial charge >= 0.3 is 5.97 Å². The molecule has 0 saturated carbocycles. The molecule has 204 valence electrons. The van der Waals surface area contributed by atoms with Crippen molar-refractivity contribution < 1.29 is 19.4 Å². The van der Waals surface area contributed by atoms with E-state index in [0.29, 0.717) is 29.4 Å². The number of carboxylic acid groups (broad SMARTS) is 1. The maximum atomic E-state index is 12.3. The number of rotatable bonds is 9. The van der Waals surface area contributed by atoms with Crippen LogP contribution in [0.25, 0.3) is 39.1 Å². The summed E-state index contributed by atoms with van der Waals surface area (Å²) in [5.74, 6) is 0.628. The number of fused-ring (bicyclic) bond motifs is 2. The summed E-state index contributed by atoms with van der Waals surface area (Å²) in [5, 5.41) is 20.9. The lowest BCUT2D eigenvalue weighted by Gasteiger charge is -2.09. The molecule has 0 atom stereocenters. The lowest BCUT2D eigenvalue weighted by Crippen LogP contribution is -1.99. The van der Waals surface area contributed by atoms with Crippen molar-refractivity contribution in [2.24, 2.45) is 0 Å². The molecule has 0 amide bonds. The second-order valence-corrected chi connectivity index (χ2v) is 10.4. The van der Waals surface area contributed by atoms with Crippen LogP contribution < -0.4 is 9.47 Å². The van der Waals surface area contributed by atoms with Crippen LogP contribution in [0.5, 0.6) is 11.5 Å². The summed E-state index contributed by atoms with van der Waals surface area (Å²) in [6.45, 7) is 0.652. The summed E-state index contributed by atoms with van der Waals surface area (Å²) < 4.78 is 12.9. The zero-order valence-electron chi connectivity index (χ0n) is 22.4. The quantitative estimate of drug-likeness (QED) is 0.147. The first-order chi connectivity index (χ1) is 20.0. The van der Waals surface area contributed by atoms with Crippen LogP contribution in [-0.2, 0) is 11.3 Å². The number of aromatic nitrogens is 4. The van der Waals surface area contributed by atoms with Gasteiger partial charge in [-0.3, -0.25) is 5.10 Å². The molecule has 2 heterocycles. The first kappa shape index (κ1) is 26.2. The van der Waals surface area contributed by atoms with Gasteiger partial charge in [0.15, 0.2) is 5.82 Å². The molecule has 0 spiro atoms. The van der Waals surface area contributed by atoms with Gasteiger partial charge in [-0.25, -0.2) is 9.78 Å². The highest BCUT2D eigenvalue weighted by Crippen LogP contribution is 2.33. The van der Waals surface area contributed by atoms with Crippen molar-refractivity contribution in [1.82, 2.24) is 19.7 Å². The Balaban J connectivity index is 1.33. The molecule has 2 aromatic heterocycles. The highest BCUT2D eigenvalue weighted by Gasteiger charge is 2.17. The summed E-state index contributed by atoms with van der Waals surface area (Å²) in [6.07, 6.45) is 3.68. The van der Waals surface area contributed by atoms with Crippen LogP contribution in [0.15, 0.2) is 101 Å². The molecule has 8 nitrogen and oxygen atoms in total. The molecule has 2 N–H and O–H groups in total. The minimum absolute atomic E-state index is 0.104. The molecule has 9 heteroatoms. The summed E-state index contributed by atoms with van der Waals surface area (Å²) in [7, 11) is 3.15. The maximum absolute atomic E-state index is 12.3. The van der Waals surface area contributed by atoms with E-state index in [0.717, 1.165) is 28.2 Å². The van der Waals surface area contributed by atoms with E-state index in [1.165, 1.54) is 16.3 Å². The van der Waals surface area contributed by atoms with Crippen molar-refractivity contribution in [2.45, 2.75) is 11.7 Å². The fourth-order valence-corrected chi connectivity index (χ4v) is 5.57. The van der Waals surface area contributed by atoms with Crippen molar-refractivity contribution in [3.8, 4) is 22.9 Å². The number of benzene rings is 4. The SMILES string of the molecule is COc1cc(OC)cc(-c2nc(S/C(=C\c3cn(Cc4cccc5ccccc45)c4ccccc34)C(=O)O)n[nH]2)c1. The van der Waals surface area contributed by atoms with Crippen molar-refractivity contribution in [3.63, 3.8) is 0 Å². The number of carbonyl (C=O) groups is 1. The number of methoxy groups -OCH3 is 2. The normalized spacial score (nSPS) is 11.7. The average molecular weight is 563 g/mol. The number of thioether (sulfide) groups is 1. The topological polar surface area (TPSA) is 102 Å². The van der Waals surface area contributed by atoms with Gasteiger partial charge in [-0.05, 0) is 52.4 Å². The first-order valence-corrected chi connectivity index (χ1v) is 13.7. The van der Waals surface area contributed by atoms with E-state index < -0.39 is 5.97 Å². The summed E-state index contributed by atoms with van der Waals surface area (Å²) in [5.41, 5.74) is 3.72. The third-order valence-corrected chi connectivity index (χ3v) is 7.71. The van der Waals surface area contributed by atoms with Gasteiger partial charge in [0.1, 0.15) is 16.4 Å². The molecule has 0 aliphatic carbocycles. The van der Waals surface area contributed by atoms with Gasteiger partial charge in [-0.2, -0.15) is 0 Å². The highest BCUT2D eigenvalue weighted by atomic mass is 32.2. The summed E-state index contributed by atoms with van der Waals surface area (Å²) in [6, 6.07) is 28.0. The second kappa shape index (κ2) is 11.2. The maximum Gasteiger partial charge on any atom is 0.342 e. The predicted molar refractivity (Wildman–Crippen MR) is 161 cm³/mol. The molecule has 0 aliphatic heterocycles. The number of aliphatic carboxylic acids is 1. The zero-order valence-corrected chi connectivity index (χ0v) is 23.2. The molecule has 0 saturated heterocycles. The van der Waals surface area contributed by atoms with Gasteiger partial charge in [0.05, 0.1) is 14.2 Å². The minimum Gasteiger partial charge on any atom is -0.497 e. The largest absolute Gasteiger partial charge is 0.497 e. The molecule has 0 aliphatic rings. The lowest BCUT2D eigenvalue weighted by molar-refractivity contribution is -0.131. The Morgan fingerprint density at radius 1 is 0.951 bits per heavy atom. The van der Waals surface area contributed by atoms with Crippen LogP contribution in [-0.4, -0.2) is 45.0 Å². The van der Waals surface area contributed by atoms with Crippen molar-refractivity contribution >= 4 is 45.5 Å². The molecule has 0 radical (unpaired) electrons. The van der Waals surface area contributed by atoms with Gasteiger partial charge < -0.3 is 19.1 Å². The molecule has 0 fully saturated rings. The predicted octanol–water partition coefficient (Wildman–Crippen LogP) is 6.86. The molecule has 6 aromatic rings. The summed E-state index contributed by atoms with van der Waals surface area (Å²) >= 11 is 0.987. The molecule has 4 aromatic carbocycles. The van der Waals surface area contributed by atoms with Crippen LogP contribution in [0.4, 0.5) is 0 Å². The number of hydrogen-bond donors (Lipinski definition) is 2. The van der Waals surface area contributed by atoms with E-state index in [-0.39, 0.29) is 10.1 Å². The van der Waals surface area contributed by atoms with Crippen LogP contribution >= 0.6 is 11.8 Å². The van der Waals surface area contributed by atoms with Crippen molar-refractivity contribution in [2.75, 3.05) is 14.2 Å². The van der Waals surface area contributed by atoms with E-state index in [4.69, 9.17) is 9.47 Å². The molecular weight excluding hydrogens is 536 g/mol. The Labute approximate surface area is 240 Å². The fourth-order valence-electron chi connectivity index (χ4n) is 4.87. The van der Waals surface area contributed by atoms with E-state index in [9.17, 15) is 9.90 Å². The fraction of sp³-hybridized carbons (Fsp3) is 0.0938. The minimum atomic E-state index is -1.06. The number of H-pyrrole nitrogens is 1. The highest BCUT2D eigenvalue weighted by molar-refractivity contribution is 8.04. The van der Waals surface area contributed by atoms with Crippen molar-refractivity contribution in [3.05, 3.63) is 107 Å². The average Bonchev–Trinajstić information content (AvgIpc) is 3.61. The van der Waals surface area contributed by atoms with E-state index in [2.05, 4.69) is 56.1 Å². The Morgan fingerprint density at radius 2 is 1.66 bits per heavy atom. The van der Waals surface area contributed by atoms with Gasteiger partial charge in [0.25, 0.3) is 0 Å². The third-order valence-electron chi connectivity index (χ3n) is 6.83. The standard InChI is InChI=1S/C32H26N4O4S/c1-39-24-14-22(15-25(17-24)40-2)30-33-32(35-34-30)41-29(31(37)38)16-23-19-36(28-13-6-5-12-27(23)28)18-21-10-7-9-20-8-3-4-11-26(20)21/h3-17,19H,18H2,1-2H3,(H,37,38)(H,33,34,35)/b29-16-. The third kappa shape index (κ3) is 5.39. The molecular formula is C32H26N4O4S. The van der Waals surface area contributed by atoms with Crippen LogP contribution in [0.1, 0.15) is 11.1 Å². The molecule has 0 bridgehead atoms. The Kier molecular flexibility index (Phi) is 7.18. The zero-order chi connectivity index (χ0) is 28.3. The first-order valence-electron chi connectivity index (χ1n) is 12.9. The van der Waals surface area contributed by atoms with Crippen LogP contribution in [0, 0.1) is 0 Å². The smallest absolute Gasteiger partial charge is 0.342 e. The van der Waals surface area contributed by atoms with E-state index in [1.807, 2.05) is 36.5 Å². The van der Waals surface area contributed by atoms with Gasteiger partial charge in [-0.1, -0.05) is 60.7 Å². The van der Waals surface area contributed by atoms with Crippen LogP contribution in [0.3, 0.4) is 0 Å². The van der Waals surface area contributed by atoms with Crippen LogP contribution in [0.2, 0.25) is 0 Å². The van der Waals surface area contributed by atoms with Gasteiger partial charge in [0, 0.05) is 40.8 Å². The van der Waals surface area contributed by atoms with E-state index >= 15 is 0 Å². The number of para-hydroxylation sites is 1. The monoisotopic (exact) mass is 562 g/mol. The number of aromatic amines is 1. The molecule has 41 heavy (non-hydrogen) atoms. The van der Waals surface area contributed by atoms with Crippen molar-refractivity contribution in [1.29, 1.82) is 0 Å². The number of nitrogens with one attached hydrogen (secondary N) is 1. The summed E-state index contributed by atoms with van der Waals surface area (Å²) in [4.78, 5) is 17.0. The Bertz CT molecular complexity index is 1900. The van der Waals surface area contributed by atoms with Gasteiger partial charge in [-0.15, -0.1) is 5.10 Å². The Hall–Kier alpha value is -5.02. The number of ether oxygens (including phenoxy) is 2. The second-order valence-electron chi connectivity index (χ2n) is 9.35. The number of nitrogens with zero attached hydrogens (tertiary/aromatic N) is 3. The van der Waals surface area contributed by atoms with Gasteiger partial charge in [0.2, 0.25) is 5.16 Å². The molecule has 6 rings (SSSR count). The molecule has 0 unspecified atom stereocenters. The van der Waals surface area contributed by atoms with E-state index in [1.54, 1.807) is 38.5 Å². The number of hydrogen-bond acceptors (Lipinski definition) is 6.